The predicted octanol–water partition coefficient (Wildman–Crippen LogP) is 2.92. The van der Waals surface area contributed by atoms with E-state index >= 15 is 0 Å². The van der Waals surface area contributed by atoms with E-state index < -0.39 is 26.3 Å². The van der Waals surface area contributed by atoms with E-state index in [-0.39, 0.29) is 24.6 Å². The van der Waals surface area contributed by atoms with E-state index in [2.05, 4.69) is 20.4 Å². The molecule has 0 unspecified atom stereocenters. The van der Waals surface area contributed by atoms with Gasteiger partial charge in [0.2, 0.25) is 10.0 Å². The lowest BCUT2D eigenvalue weighted by atomic mass is 10.2. The molecule has 0 saturated carbocycles. The van der Waals surface area contributed by atoms with Crippen LogP contribution >= 0.6 is 0 Å². The highest BCUT2D eigenvalue weighted by atomic mass is 32.2. The van der Waals surface area contributed by atoms with Crippen molar-refractivity contribution in [2.24, 2.45) is 0 Å². The molecule has 0 bridgehead atoms. The van der Waals surface area contributed by atoms with Gasteiger partial charge in [-0.05, 0) is 17.7 Å². The number of nitrogens with zero attached hydrogens (tertiary/aromatic N) is 3. The number of nitrogens with one attached hydrogen (secondary N) is 3. The van der Waals surface area contributed by atoms with Crippen molar-refractivity contribution >= 4 is 21.4 Å². The number of rotatable bonds is 10. The van der Waals surface area contributed by atoms with Crippen molar-refractivity contribution in [1.29, 1.82) is 5.41 Å². The first-order chi connectivity index (χ1) is 17.8. The maximum absolute atomic E-state index is 14.0. The normalized spacial score (nSPS) is 12.0. The largest absolute Gasteiger partial charge is 0.379 e. The lowest BCUT2D eigenvalue weighted by molar-refractivity contribution is 0.417. The van der Waals surface area contributed by atoms with Gasteiger partial charge >= 0.3 is 0 Å². The van der Waals surface area contributed by atoms with E-state index in [1.54, 1.807) is 48.5 Å². The Balaban J connectivity index is 1.56. The Hall–Kier alpha value is -4.42. The lowest BCUT2D eigenvalue weighted by Gasteiger charge is -2.16. The zero-order valence-electron chi connectivity index (χ0n) is 19.7. The summed E-state index contributed by atoms with van der Waals surface area (Å²) in [6, 6.07) is 16.7. The number of sulfonamides is 1. The maximum Gasteiger partial charge on any atom is 0.271 e. The molecular formula is C25H23FN6O4S. The highest BCUT2D eigenvalue weighted by molar-refractivity contribution is 7.89. The summed E-state index contributed by atoms with van der Waals surface area (Å²) in [5.41, 5.74) is 0.645. The molecule has 4 aromatic rings. The minimum Gasteiger partial charge on any atom is -0.379 e. The average molecular weight is 523 g/mol. The molecular weight excluding hydrogens is 499 g/mol. The van der Waals surface area contributed by atoms with Crippen LogP contribution in [0.25, 0.3) is 5.70 Å². The lowest BCUT2D eigenvalue weighted by Crippen LogP contribution is -2.32. The third-order valence-electron chi connectivity index (χ3n) is 5.39. The third-order valence-corrected chi connectivity index (χ3v) is 7.18. The Morgan fingerprint density at radius 1 is 1.16 bits per heavy atom. The van der Waals surface area contributed by atoms with Crippen LogP contribution in [-0.4, -0.2) is 40.6 Å². The molecule has 12 heteroatoms. The smallest absolute Gasteiger partial charge is 0.271 e. The summed E-state index contributed by atoms with van der Waals surface area (Å²) >= 11 is 0. The quantitative estimate of drug-likeness (QED) is 0.272. The van der Waals surface area contributed by atoms with Crippen molar-refractivity contribution in [3.63, 3.8) is 0 Å². The Bertz CT molecular complexity index is 1580. The molecule has 2 aromatic carbocycles. The zero-order valence-corrected chi connectivity index (χ0v) is 20.5. The number of benzene rings is 2. The number of aromatic amines is 1. The van der Waals surface area contributed by atoms with Crippen LogP contribution in [0.2, 0.25) is 0 Å². The van der Waals surface area contributed by atoms with Crippen LogP contribution in [-0.2, 0) is 23.1 Å². The molecule has 190 valence electrons. The second-order valence-electron chi connectivity index (χ2n) is 7.97. The number of H-pyrrole nitrogens is 1. The SMILES string of the molecule is CN(Cc1ccccc1)S(=O)(=O)c1cnc(C(=N)/C=C(\NCc2ccccc2F)c2ccon2)[nH]c1=O. The monoisotopic (exact) mass is 522 g/mol. The first-order valence-electron chi connectivity index (χ1n) is 11.0. The van der Waals surface area contributed by atoms with Crippen molar-refractivity contribution in [2.45, 2.75) is 18.0 Å². The summed E-state index contributed by atoms with van der Waals surface area (Å²) in [7, 11) is -2.77. The van der Waals surface area contributed by atoms with Gasteiger partial charge in [0.25, 0.3) is 5.56 Å². The van der Waals surface area contributed by atoms with Crippen molar-refractivity contribution in [2.75, 3.05) is 7.05 Å². The second-order valence-corrected chi connectivity index (χ2v) is 9.99. The molecule has 2 heterocycles. The molecule has 0 amide bonds. The molecule has 3 N–H and O–H groups in total. The Labute approximate surface area is 212 Å². The third kappa shape index (κ3) is 6.05. The molecule has 0 radical (unpaired) electrons. The van der Waals surface area contributed by atoms with E-state index in [1.165, 1.54) is 25.5 Å². The van der Waals surface area contributed by atoms with Gasteiger partial charge in [-0.1, -0.05) is 53.7 Å². The fourth-order valence-corrected chi connectivity index (χ4v) is 4.54. The van der Waals surface area contributed by atoms with E-state index in [4.69, 9.17) is 9.93 Å². The summed E-state index contributed by atoms with van der Waals surface area (Å²) in [5.74, 6) is -0.562. The van der Waals surface area contributed by atoms with E-state index in [1.807, 2.05) is 6.07 Å². The van der Waals surface area contributed by atoms with Gasteiger partial charge in [0.15, 0.2) is 10.7 Å². The first kappa shape index (κ1) is 25.7. The standard InChI is InChI=1S/C25H23FN6O4S/c1-32(16-17-7-3-2-4-8-17)37(34,35)23-15-29-24(30-25(23)33)20(27)13-22(21-11-12-36-31-21)28-14-18-9-5-6-10-19(18)26/h2-13,15,27-28H,14,16H2,1H3,(H,29,30,33)/b22-13-,27-20?. The maximum atomic E-state index is 14.0. The van der Waals surface area contributed by atoms with E-state index in [9.17, 15) is 17.6 Å². The van der Waals surface area contributed by atoms with Gasteiger partial charge in [0.05, 0.1) is 17.6 Å². The van der Waals surface area contributed by atoms with Gasteiger partial charge in [0, 0.05) is 31.8 Å². The number of hydrogen-bond acceptors (Lipinski definition) is 8. The van der Waals surface area contributed by atoms with Crippen molar-refractivity contribution in [3.8, 4) is 0 Å². The molecule has 4 rings (SSSR count). The molecule has 0 atom stereocenters. The second kappa shape index (κ2) is 11.1. The molecule has 0 aliphatic rings. The van der Waals surface area contributed by atoms with Crippen molar-refractivity contribution in [1.82, 2.24) is 24.7 Å². The summed E-state index contributed by atoms with van der Waals surface area (Å²) in [5, 5.41) is 15.2. The zero-order chi connectivity index (χ0) is 26.4. The van der Waals surface area contributed by atoms with Gasteiger partial charge in [-0.25, -0.2) is 17.8 Å². The Morgan fingerprint density at radius 2 is 1.89 bits per heavy atom. The molecule has 0 fully saturated rings. The molecule has 37 heavy (non-hydrogen) atoms. The highest BCUT2D eigenvalue weighted by Gasteiger charge is 2.25. The molecule has 2 aromatic heterocycles. The van der Waals surface area contributed by atoms with Crippen molar-refractivity contribution < 1.29 is 17.3 Å². The van der Waals surface area contributed by atoms with Crippen LogP contribution in [0, 0.1) is 11.2 Å². The fourth-order valence-electron chi connectivity index (χ4n) is 3.41. The first-order valence-corrected chi connectivity index (χ1v) is 12.5. The molecule has 0 aliphatic carbocycles. The Kier molecular flexibility index (Phi) is 7.70. The number of aromatic nitrogens is 3. The van der Waals surface area contributed by atoms with Crippen LogP contribution in [0.15, 0.2) is 93.4 Å². The van der Waals surface area contributed by atoms with Crippen LogP contribution in [0.3, 0.4) is 0 Å². The van der Waals surface area contributed by atoms with Gasteiger partial charge in [-0.3, -0.25) is 10.2 Å². The minimum absolute atomic E-state index is 0.0671. The molecule has 0 spiro atoms. The number of hydrogen-bond donors (Lipinski definition) is 3. The average Bonchev–Trinajstić information content (AvgIpc) is 3.42. The van der Waals surface area contributed by atoms with Crippen LogP contribution in [0.4, 0.5) is 4.39 Å². The predicted molar refractivity (Wildman–Crippen MR) is 135 cm³/mol. The summed E-state index contributed by atoms with van der Waals surface area (Å²) in [6.07, 6.45) is 3.59. The topological polar surface area (TPSA) is 145 Å². The summed E-state index contributed by atoms with van der Waals surface area (Å²) in [4.78, 5) is 18.5. The van der Waals surface area contributed by atoms with Crippen LogP contribution in [0.5, 0.6) is 0 Å². The van der Waals surface area contributed by atoms with E-state index in [0.717, 1.165) is 16.1 Å². The van der Waals surface area contributed by atoms with Gasteiger partial charge in [-0.2, -0.15) is 4.31 Å². The molecule has 0 saturated heterocycles. The van der Waals surface area contributed by atoms with Crippen molar-refractivity contribution in [3.05, 3.63) is 118 Å². The van der Waals surface area contributed by atoms with Crippen LogP contribution in [0.1, 0.15) is 22.6 Å². The van der Waals surface area contributed by atoms with Gasteiger partial charge in [-0.15, -0.1) is 0 Å². The summed E-state index contributed by atoms with van der Waals surface area (Å²) in [6.45, 7) is 0.158. The van der Waals surface area contributed by atoms with E-state index in [0.29, 0.717) is 17.0 Å². The minimum atomic E-state index is -4.14. The fraction of sp³-hybridized carbons (Fsp3) is 0.120. The Morgan fingerprint density at radius 3 is 2.57 bits per heavy atom. The highest BCUT2D eigenvalue weighted by Crippen LogP contribution is 2.15. The molecule has 10 nitrogen and oxygen atoms in total. The molecule has 0 aliphatic heterocycles. The van der Waals surface area contributed by atoms with Gasteiger partial charge < -0.3 is 14.8 Å². The number of halogens is 1. The van der Waals surface area contributed by atoms with Crippen LogP contribution < -0.4 is 10.9 Å². The summed E-state index contributed by atoms with van der Waals surface area (Å²) < 4.78 is 45.9. The number of allylic oxidation sites excluding steroid dienone is 1. The van der Waals surface area contributed by atoms with Gasteiger partial charge in [0.1, 0.15) is 17.8 Å².